The molecule has 0 aromatic carbocycles. The summed E-state index contributed by atoms with van der Waals surface area (Å²) in [5.74, 6) is 0. The first-order chi connectivity index (χ1) is 0. The first kappa shape index (κ1) is 120. The summed E-state index contributed by atoms with van der Waals surface area (Å²) in [6.07, 6.45) is 0. The van der Waals surface area contributed by atoms with E-state index in [0.717, 1.165) is 0 Å². The largest absolute Gasteiger partial charge is 1.00 e. The van der Waals surface area contributed by atoms with Crippen molar-refractivity contribution in [2.45, 2.75) is 0 Å². The van der Waals surface area contributed by atoms with Gasteiger partial charge in [-0.25, -0.2) is 0 Å². The van der Waals surface area contributed by atoms with E-state index in [1.807, 2.05) is 0 Å². The minimum absolute atomic E-state index is 0. The monoisotopic (exact) mass is 262 g/mol. The Morgan fingerprint density at radius 1 is 0.429 bits per heavy atom. The Labute approximate surface area is 92.3 Å². The molecule has 0 unspecified atom stereocenters. The predicted octanol–water partition coefficient (Wildman–Crippen LogP) is -14.6. The third-order valence-corrected chi connectivity index (χ3v) is 0. The van der Waals surface area contributed by atoms with Crippen molar-refractivity contribution in [3.05, 3.63) is 0 Å². The van der Waals surface area contributed by atoms with Gasteiger partial charge < -0.3 is 62.0 Å². The first-order valence-corrected chi connectivity index (χ1v) is 0. The van der Waals surface area contributed by atoms with Crippen molar-refractivity contribution in [3.8, 4) is 0 Å². The second-order valence-corrected chi connectivity index (χ2v) is 0. The second kappa shape index (κ2) is 82.7. The zero-order chi connectivity index (χ0) is 0. The molecule has 53 valence electrons. The zero-order valence-corrected chi connectivity index (χ0v) is 8.74. The molecule has 7 heavy (non-hydrogen) atoms. The van der Waals surface area contributed by atoms with Crippen LogP contribution in [0, 0.1) is 0 Å². The summed E-state index contributed by atoms with van der Waals surface area (Å²) in [6.45, 7) is 0. The molecular weight excluding hydrogens is 264 g/mol. The quantitative estimate of drug-likeness (QED) is 0.408. The molecule has 0 N–H and O–H groups in total. The number of hydrogen-bond donors (Lipinski definition) is 0. The van der Waals surface area contributed by atoms with Gasteiger partial charge in [-0.2, -0.15) is 0 Å². The average molecular weight is 265 g/mol. The molecule has 7 heteroatoms. The second-order valence-electron chi connectivity index (χ2n) is 0. The topological polar surface area (TPSA) is 0 Å². The minimum atomic E-state index is 0. The molecule has 0 heterocycles. The SMILES string of the molecule is Cl.[Cl-].[Cl-].[Cl-].[Cl-].[Cl-].[V]. The molecule has 0 fully saturated rings. The van der Waals surface area contributed by atoms with E-state index < -0.39 is 0 Å². The number of halogens is 6. The van der Waals surface area contributed by atoms with Gasteiger partial charge in [0.15, 0.2) is 0 Å². The van der Waals surface area contributed by atoms with Crippen LogP contribution >= 0.6 is 12.4 Å². The number of hydrogen-bond acceptors (Lipinski definition) is 0. The maximum Gasteiger partial charge on any atom is 0 e. The molecule has 0 atom stereocenters. The van der Waals surface area contributed by atoms with Crippen LogP contribution < -0.4 is 62.0 Å². The van der Waals surface area contributed by atoms with E-state index in [1.54, 1.807) is 0 Å². The Morgan fingerprint density at radius 2 is 0.429 bits per heavy atom. The molecule has 1 radical (unpaired) electrons. The standard InChI is InChI=1S/6ClH.V/h6*1H;/p-5. The van der Waals surface area contributed by atoms with Crippen molar-refractivity contribution in [1.82, 2.24) is 0 Å². The van der Waals surface area contributed by atoms with Crippen LogP contribution in [0.25, 0.3) is 0 Å². The van der Waals surface area contributed by atoms with Crippen LogP contribution in [0.15, 0.2) is 0 Å². The van der Waals surface area contributed by atoms with Gasteiger partial charge in [-0.3, -0.25) is 0 Å². The van der Waals surface area contributed by atoms with E-state index in [4.69, 9.17) is 0 Å². The molecule has 0 aliphatic carbocycles. The van der Waals surface area contributed by atoms with Crippen LogP contribution in [0.5, 0.6) is 0 Å². The van der Waals surface area contributed by atoms with E-state index in [9.17, 15) is 0 Å². The summed E-state index contributed by atoms with van der Waals surface area (Å²) in [5.41, 5.74) is 0. The summed E-state index contributed by atoms with van der Waals surface area (Å²) in [6, 6.07) is 0. The Kier molecular flexibility index (Phi) is 1410. The maximum absolute atomic E-state index is 0. The summed E-state index contributed by atoms with van der Waals surface area (Å²) in [4.78, 5) is 0. The molecular formula is HCl6V-5. The predicted molar refractivity (Wildman–Crippen MR) is 7.25 cm³/mol. The summed E-state index contributed by atoms with van der Waals surface area (Å²) >= 11 is 0. The molecule has 0 spiro atoms. The van der Waals surface area contributed by atoms with Crippen LogP contribution in [0.2, 0.25) is 0 Å². The summed E-state index contributed by atoms with van der Waals surface area (Å²) < 4.78 is 0. The van der Waals surface area contributed by atoms with E-state index in [2.05, 4.69) is 0 Å². The molecule has 0 saturated heterocycles. The Hall–Kier alpha value is 2.32. The van der Waals surface area contributed by atoms with Crippen LogP contribution in [-0.4, -0.2) is 0 Å². The molecule has 0 aromatic rings. The van der Waals surface area contributed by atoms with Gasteiger partial charge in [0.2, 0.25) is 0 Å². The smallest absolute Gasteiger partial charge is 0 e. The fraction of sp³-hybridized carbons (Fsp3) is 0. The third-order valence-electron chi connectivity index (χ3n) is 0. The van der Waals surface area contributed by atoms with Crippen LogP contribution in [0.1, 0.15) is 0 Å². The van der Waals surface area contributed by atoms with Gasteiger partial charge >= 0.3 is 0 Å². The van der Waals surface area contributed by atoms with Gasteiger partial charge in [0.1, 0.15) is 0 Å². The summed E-state index contributed by atoms with van der Waals surface area (Å²) in [5, 5.41) is 0. The molecule has 0 nitrogen and oxygen atoms in total. The van der Waals surface area contributed by atoms with Crippen LogP contribution in [0.3, 0.4) is 0 Å². The average Bonchev–Trinajstić information content (AvgIpc) is 0. The van der Waals surface area contributed by atoms with Gasteiger partial charge in [0, 0.05) is 18.6 Å². The molecule has 0 rings (SSSR count). The Bertz CT molecular complexity index is 4.14. The molecule has 0 aliphatic heterocycles. The first-order valence-electron chi connectivity index (χ1n) is 0. The van der Waals surface area contributed by atoms with Crippen molar-refractivity contribution in [3.63, 3.8) is 0 Å². The van der Waals surface area contributed by atoms with Gasteiger partial charge in [0.25, 0.3) is 0 Å². The molecule has 0 aromatic heterocycles. The molecule has 0 saturated carbocycles. The number of rotatable bonds is 0. The van der Waals surface area contributed by atoms with Crippen molar-refractivity contribution >= 4 is 12.4 Å². The molecule has 0 aliphatic rings. The van der Waals surface area contributed by atoms with Crippen molar-refractivity contribution in [2.75, 3.05) is 0 Å². The van der Waals surface area contributed by atoms with Gasteiger partial charge in [-0.05, 0) is 0 Å². The minimum Gasteiger partial charge on any atom is -1.00 e. The molecule has 0 amide bonds. The maximum atomic E-state index is 0. The van der Waals surface area contributed by atoms with E-state index in [1.165, 1.54) is 0 Å². The van der Waals surface area contributed by atoms with Gasteiger partial charge in [-0.15, -0.1) is 12.4 Å². The third kappa shape index (κ3) is 61.6. The zero-order valence-electron chi connectivity index (χ0n) is 2.75. The van der Waals surface area contributed by atoms with E-state index >= 15 is 0 Å². The van der Waals surface area contributed by atoms with Crippen molar-refractivity contribution in [1.29, 1.82) is 0 Å². The van der Waals surface area contributed by atoms with Gasteiger partial charge in [-0.1, -0.05) is 0 Å². The van der Waals surface area contributed by atoms with Crippen molar-refractivity contribution in [2.24, 2.45) is 0 Å². The van der Waals surface area contributed by atoms with E-state index in [-0.39, 0.29) is 93.0 Å². The van der Waals surface area contributed by atoms with Gasteiger partial charge in [0.05, 0.1) is 0 Å². The van der Waals surface area contributed by atoms with E-state index in [0.29, 0.717) is 0 Å². The fourth-order valence-corrected chi connectivity index (χ4v) is 0. The summed E-state index contributed by atoms with van der Waals surface area (Å²) in [7, 11) is 0. The fourth-order valence-electron chi connectivity index (χ4n) is 0. The Balaban J connectivity index is 0. The molecule has 0 bridgehead atoms. The van der Waals surface area contributed by atoms with Crippen LogP contribution in [-0.2, 0) is 18.6 Å². The van der Waals surface area contributed by atoms with Crippen molar-refractivity contribution < 1.29 is 80.6 Å². The Morgan fingerprint density at radius 3 is 0.429 bits per heavy atom. The van der Waals surface area contributed by atoms with Crippen LogP contribution in [0.4, 0.5) is 0 Å². The normalized spacial score (nSPS) is 0.